The van der Waals surface area contributed by atoms with Crippen molar-refractivity contribution in [3.8, 4) is 22.8 Å². The number of hydrogen-bond acceptors (Lipinski definition) is 6. The van der Waals surface area contributed by atoms with Gasteiger partial charge in [0.25, 0.3) is 5.56 Å². The Morgan fingerprint density at radius 3 is 2.66 bits per heavy atom. The second-order valence-corrected chi connectivity index (χ2v) is 7.97. The molecule has 0 N–H and O–H groups in total. The van der Waals surface area contributed by atoms with Gasteiger partial charge in [-0.3, -0.25) is 9.78 Å². The number of aromatic nitrogens is 4. The Kier molecular flexibility index (Phi) is 5.41. The molecule has 0 radical (unpaired) electrons. The van der Waals surface area contributed by atoms with Crippen molar-refractivity contribution in [3.05, 3.63) is 76.5 Å². The lowest BCUT2D eigenvalue weighted by Crippen LogP contribution is -2.33. The number of rotatable bonds is 4. The first kappa shape index (κ1) is 20.3. The molecular weight excluding hydrogens is 404 g/mol. The molecule has 3 aromatic heterocycles. The van der Waals surface area contributed by atoms with E-state index in [4.69, 9.17) is 9.47 Å². The lowest BCUT2D eigenvalue weighted by atomic mass is 10.0. The first-order chi connectivity index (χ1) is 15.6. The molecule has 162 valence electrons. The number of ether oxygens (including phenoxy) is 2. The third-order valence-electron chi connectivity index (χ3n) is 5.80. The van der Waals surface area contributed by atoms with Gasteiger partial charge in [0, 0.05) is 35.5 Å². The van der Waals surface area contributed by atoms with Crippen molar-refractivity contribution in [1.82, 2.24) is 19.7 Å². The number of aryl methyl sites for hydroxylation is 1. The molecule has 1 aliphatic rings. The van der Waals surface area contributed by atoms with E-state index in [0.717, 1.165) is 41.5 Å². The summed E-state index contributed by atoms with van der Waals surface area (Å²) in [5.41, 5.74) is 3.83. The van der Waals surface area contributed by atoms with Crippen molar-refractivity contribution >= 4 is 10.9 Å². The molecule has 1 aromatic carbocycles. The van der Waals surface area contributed by atoms with Crippen LogP contribution in [-0.2, 0) is 4.74 Å². The molecule has 32 heavy (non-hydrogen) atoms. The minimum atomic E-state index is -0.278. The van der Waals surface area contributed by atoms with E-state index in [0.29, 0.717) is 29.3 Å². The first-order valence-electron chi connectivity index (χ1n) is 10.8. The van der Waals surface area contributed by atoms with Crippen molar-refractivity contribution in [2.75, 3.05) is 6.61 Å². The molecule has 0 bridgehead atoms. The maximum absolute atomic E-state index is 13.0. The summed E-state index contributed by atoms with van der Waals surface area (Å²) >= 11 is 0. The predicted molar refractivity (Wildman–Crippen MR) is 122 cm³/mol. The summed E-state index contributed by atoms with van der Waals surface area (Å²) in [5, 5.41) is 5.55. The summed E-state index contributed by atoms with van der Waals surface area (Å²) in [4.78, 5) is 21.7. The van der Waals surface area contributed by atoms with Crippen LogP contribution in [0.5, 0.6) is 11.6 Å². The monoisotopic (exact) mass is 428 g/mol. The fraction of sp³-hybridized carbons (Fsp3) is 0.280. The Labute approximate surface area is 185 Å². The van der Waals surface area contributed by atoms with Crippen molar-refractivity contribution in [2.24, 2.45) is 0 Å². The highest BCUT2D eigenvalue weighted by molar-refractivity contribution is 5.82. The summed E-state index contributed by atoms with van der Waals surface area (Å²) in [7, 11) is 0. The fourth-order valence-corrected chi connectivity index (χ4v) is 4.20. The second-order valence-electron chi connectivity index (χ2n) is 7.97. The van der Waals surface area contributed by atoms with Crippen LogP contribution < -0.4 is 10.3 Å². The van der Waals surface area contributed by atoms with Gasteiger partial charge in [0.05, 0.1) is 5.69 Å². The fourth-order valence-electron chi connectivity index (χ4n) is 4.20. The summed E-state index contributed by atoms with van der Waals surface area (Å²) in [5.74, 6) is 1.10. The van der Waals surface area contributed by atoms with E-state index >= 15 is 0 Å². The molecule has 4 aromatic rings. The van der Waals surface area contributed by atoms with Gasteiger partial charge in [-0.25, -0.2) is 9.67 Å². The highest BCUT2D eigenvalue weighted by Crippen LogP contribution is 2.30. The zero-order valence-corrected chi connectivity index (χ0v) is 18.1. The van der Waals surface area contributed by atoms with Crippen LogP contribution in [0.1, 0.15) is 36.7 Å². The average Bonchev–Trinajstić information content (AvgIpc) is 2.83. The van der Waals surface area contributed by atoms with Crippen molar-refractivity contribution in [2.45, 2.75) is 39.3 Å². The highest BCUT2D eigenvalue weighted by Gasteiger charge is 2.21. The number of nitrogens with zero attached hydrogens (tertiary/aromatic N) is 4. The molecule has 0 spiro atoms. The van der Waals surface area contributed by atoms with E-state index in [1.54, 1.807) is 12.4 Å². The van der Waals surface area contributed by atoms with Gasteiger partial charge in [0.1, 0.15) is 11.3 Å². The first-order valence-corrected chi connectivity index (χ1v) is 10.8. The standard InChI is InChI=1S/C25H24N4O3/c1-16-22(17(2)28-29(25(16)30)21-7-3-4-15-31-21)18-8-10-20(11-9-18)32-24-23-19(12-14-27-24)6-5-13-26-23/h5-6,8-14,21H,3-4,7,15H2,1-2H3. The van der Waals surface area contributed by atoms with E-state index < -0.39 is 0 Å². The van der Waals surface area contributed by atoms with Gasteiger partial charge in [-0.2, -0.15) is 5.10 Å². The third kappa shape index (κ3) is 3.76. The van der Waals surface area contributed by atoms with Crippen LogP contribution >= 0.6 is 0 Å². The Hall–Kier alpha value is -3.58. The molecule has 0 aliphatic carbocycles. The molecule has 0 saturated carbocycles. The maximum atomic E-state index is 13.0. The van der Waals surface area contributed by atoms with Crippen LogP contribution in [0.4, 0.5) is 0 Å². The van der Waals surface area contributed by atoms with Crippen LogP contribution in [0.3, 0.4) is 0 Å². The summed E-state index contributed by atoms with van der Waals surface area (Å²) in [6, 6.07) is 13.4. The molecule has 5 rings (SSSR count). The van der Waals surface area contributed by atoms with Gasteiger partial charge in [-0.05, 0) is 62.9 Å². The molecule has 1 aliphatic heterocycles. The summed E-state index contributed by atoms with van der Waals surface area (Å²) in [6.07, 6.45) is 6.03. The van der Waals surface area contributed by atoms with E-state index in [9.17, 15) is 4.79 Å². The normalized spacial score (nSPS) is 16.2. The largest absolute Gasteiger partial charge is 0.437 e. The maximum Gasteiger partial charge on any atom is 0.272 e. The lowest BCUT2D eigenvalue weighted by Gasteiger charge is -2.24. The molecule has 7 nitrogen and oxygen atoms in total. The van der Waals surface area contributed by atoms with Crippen LogP contribution in [0.25, 0.3) is 22.0 Å². The van der Waals surface area contributed by atoms with E-state index in [-0.39, 0.29) is 11.8 Å². The van der Waals surface area contributed by atoms with Gasteiger partial charge in [-0.1, -0.05) is 18.2 Å². The van der Waals surface area contributed by atoms with Gasteiger partial charge >= 0.3 is 0 Å². The van der Waals surface area contributed by atoms with Crippen LogP contribution in [0.15, 0.2) is 59.7 Å². The second kappa shape index (κ2) is 8.51. The van der Waals surface area contributed by atoms with Crippen molar-refractivity contribution in [1.29, 1.82) is 0 Å². The van der Waals surface area contributed by atoms with E-state index in [2.05, 4.69) is 15.1 Å². The molecule has 1 unspecified atom stereocenters. The smallest absolute Gasteiger partial charge is 0.272 e. The number of benzene rings is 1. The molecule has 4 heterocycles. The summed E-state index contributed by atoms with van der Waals surface area (Å²) < 4.78 is 13.3. The molecule has 0 amide bonds. The molecule has 7 heteroatoms. The van der Waals surface area contributed by atoms with Gasteiger partial charge < -0.3 is 9.47 Å². The Bertz CT molecular complexity index is 1320. The quantitative estimate of drug-likeness (QED) is 0.457. The zero-order valence-electron chi connectivity index (χ0n) is 18.1. The molecule has 1 atom stereocenters. The molecule has 1 fully saturated rings. The molecular formula is C25H24N4O3. The van der Waals surface area contributed by atoms with Gasteiger partial charge in [-0.15, -0.1) is 0 Å². The zero-order chi connectivity index (χ0) is 22.1. The minimum absolute atomic E-state index is 0.108. The number of fused-ring (bicyclic) bond motifs is 1. The Morgan fingerprint density at radius 1 is 1.03 bits per heavy atom. The SMILES string of the molecule is Cc1nn(C2CCCCO2)c(=O)c(C)c1-c1ccc(Oc2nccc3cccnc23)cc1. The van der Waals surface area contributed by atoms with Crippen molar-refractivity contribution < 1.29 is 9.47 Å². The van der Waals surface area contributed by atoms with Crippen LogP contribution in [0, 0.1) is 13.8 Å². The topological polar surface area (TPSA) is 79.1 Å². The Morgan fingerprint density at radius 2 is 1.88 bits per heavy atom. The van der Waals surface area contributed by atoms with Gasteiger partial charge in [0.15, 0.2) is 6.23 Å². The van der Waals surface area contributed by atoms with Crippen LogP contribution in [-0.4, -0.2) is 26.4 Å². The van der Waals surface area contributed by atoms with Crippen molar-refractivity contribution in [3.63, 3.8) is 0 Å². The van der Waals surface area contributed by atoms with E-state index in [1.165, 1.54) is 4.68 Å². The average molecular weight is 428 g/mol. The van der Waals surface area contributed by atoms with E-state index in [1.807, 2.05) is 56.3 Å². The predicted octanol–water partition coefficient (Wildman–Crippen LogP) is 4.96. The lowest BCUT2D eigenvalue weighted by molar-refractivity contribution is -0.0428. The number of pyridine rings is 2. The minimum Gasteiger partial charge on any atom is -0.437 e. The molecule has 1 saturated heterocycles. The summed E-state index contributed by atoms with van der Waals surface area (Å²) in [6.45, 7) is 4.44. The van der Waals surface area contributed by atoms with Gasteiger partial charge in [0.2, 0.25) is 5.88 Å². The third-order valence-corrected chi connectivity index (χ3v) is 5.80. The van der Waals surface area contributed by atoms with Crippen LogP contribution in [0.2, 0.25) is 0 Å². The Balaban J connectivity index is 1.45. The number of hydrogen-bond donors (Lipinski definition) is 0. The highest BCUT2D eigenvalue weighted by atomic mass is 16.5.